The van der Waals surface area contributed by atoms with Crippen LogP contribution in [0.5, 0.6) is 0 Å². The van der Waals surface area contributed by atoms with Gasteiger partial charge in [-0.15, -0.1) is 0 Å². The number of hydrogen-bond donors (Lipinski definition) is 1. The number of benzene rings is 1. The second-order valence-corrected chi connectivity index (χ2v) is 6.03. The van der Waals surface area contributed by atoms with Crippen molar-refractivity contribution in [3.05, 3.63) is 65.1 Å². The van der Waals surface area contributed by atoms with E-state index in [1.165, 1.54) is 10.7 Å². The summed E-state index contributed by atoms with van der Waals surface area (Å²) < 4.78 is 28.4. The molecule has 0 atom stereocenters. The van der Waals surface area contributed by atoms with Crippen LogP contribution in [0.15, 0.2) is 42.5 Å². The first-order chi connectivity index (χ1) is 12.4. The van der Waals surface area contributed by atoms with Gasteiger partial charge in [-0.3, -0.25) is 14.2 Å². The van der Waals surface area contributed by atoms with Crippen LogP contribution in [-0.4, -0.2) is 25.5 Å². The second kappa shape index (κ2) is 7.47. The highest BCUT2D eigenvalue weighted by atomic mass is 19.3. The van der Waals surface area contributed by atoms with Crippen molar-refractivity contribution in [3.63, 3.8) is 0 Å². The van der Waals surface area contributed by atoms with Crippen molar-refractivity contribution in [2.24, 2.45) is 0 Å². The Morgan fingerprint density at radius 2 is 1.77 bits per heavy atom. The van der Waals surface area contributed by atoms with E-state index in [0.29, 0.717) is 18.1 Å². The molecule has 1 N–H and O–H groups in total. The molecule has 26 heavy (non-hydrogen) atoms. The number of aryl methyl sites for hydroxylation is 2. The second-order valence-electron chi connectivity index (χ2n) is 6.03. The number of halogens is 2. The highest BCUT2D eigenvalue weighted by Gasteiger charge is 2.16. The Balaban J connectivity index is 1.65. The fourth-order valence-corrected chi connectivity index (χ4v) is 2.61. The van der Waals surface area contributed by atoms with E-state index in [0.717, 1.165) is 11.3 Å². The lowest BCUT2D eigenvalue weighted by atomic mass is 10.2. The first-order valence-corrected chi connectivity index (χ1v) is 8.13. The molecule has 0 saturated carbocycles. The number of nitrogens with zero attached hydrogens (tertiary/aromatic N) is 4. The van der Waals surface area contributed by atoms with E-state index < -0.39 is 6.43 Å². The van der Waals surface area contributed by atoms with E-state index in [2.05, 4.69) is 15.5 Å². The molecule has 136 valence electrons. The summed E-state index contributed by atoms with van der Waals surface area (Å²) in [5.74, 6) is 0.0451. The molecule has 0 saturated heterocycles. The Bertz CT molecular complexity index is 902. The molecule has 6 nitrogen and oxygen atoms in total. The summed E-state index contributed by atoms with van der Waals surface area (Å²) in [6.07, 6.45) is -2.66. The van der Waals surface area contributed by atoms with E-state index in [4.69, 9.17) is 0 Å². The molecule has 0 bridgehead atoms. The maximum absolute atomic E-state index is 12.7. The van der Waals surface area contributed by atoms with Crippen LogP contribution in [-0.2, 0) is 17.9 Å². The number of aromatic nitrogens is 4. The standard InChI is InChI=1S/C18H19F2N5O/c1-12-8-15(18(19)20)22-25(12)11-17(26)21-16-9-13(2)24(23-16)10-14-6-4-3-5-7-14/h3-9,18H,10-11H2,1-2H3,(H,21,23,26). The average Bonchev–Trinajstić information content (AvgIpc) is 3.12. The third-order valence-corrected chi connectivity index (χ3v) is 3.94. The van der Waals surface area contributed by atoms with Crippen LogP contribution in [0.1, 0.15) is 29.1 Å². The molecule has 8 heteroatoms. The minimum Gasteiger partial charge on any atom is -0.308 e. The van der Waals surface area contributed by atoms with Gasteiger partial charge in [0.1, 0.15) is 12.2 Å². The number of anilines is 1. The molecule has 3 rings (SSSR count). The van der Waals surface area contributed by atoms with Gasteiger partial charge in [0.25, 0.3) is 6.43 Å². The van der Waals surface area contributed by atoms with Crippen molar-refractivity contribution in [3.8, 4) is 0 Å². The molecule has 0 radical (unpaired) electrons. The highest BCUT2D eigenvalue weighted by Crippen LogP contribution is 2.18. The highest BCUT2D eigenvalue weighted by molar-refractivity contribution is 5.89. The van der Waals surface area contributed by atoms with Gasteiger partial charge in [-0.1, -0.05) is 30.3 Å². The van der Waals surface area contributed by atoms with Crippen LogP contribution in [0.3, 0.4) is 0 Å². The molecule has 0 unspecified atom stereocenters. The lowest BCUT2D eigenvalue weighted by molar-refractivity contribution is -0.117. The van der Waals surface area contributed by atoms with E-state index in [9.17, 15) is 13.6 Å². The molecule has 3 aromatic rings. The largest absolute Gasteiger partial charge is 0.308 e. The first kappa shape index (κ1) is 17.8. The molecule has 0 aliphatic carbocycles. The van der Waals surface area contributed by atoms with Gasteiger partial charge >= 0.3 is 0 Å². The van der Waals surface area contributed by atoms with Crippen LogP contribution >= 0.6 is 0 Å². The van der Waals surface area contributed by atoms with Gasteiger partial charge in [0.15, 0.2) is 5.82 Å². The first-order valence-electron chi connectivity index (χ1n) is 8.13. The Hall–Kier alpha value is -3.03. The lowest BCUT2D eigenvalue weighted by Gasteiger charge is -2.05. The number of amides is 1. The molecule has 0 aliphatic heterocycles. The van der Waals surface area contributed by atoms with Gasteiger partial charge in [0.2, 0.25) is 5.91 Å². The number of nitrogens with one attached hydrogen (secondary N) is 1. The van der Waals surface area contributed by atoms with Gasteiger partial charge in [0.05, 0.1) is 6.54 Å². The zero-order chi connectivity index (χ0) is 18.7. The fourth-order valence-electron chi connectivity index (χ4n) is 2.61. The normalized spacial score (nSPS) is 11.1. The average molecular weight is 359 g/mol. The van der Waals surface area contributed by atoms with Crippen LogP contribution < -0.4 is 5.32 Å². The summed E-state index contributed by atoms with van der Waals surface area (Å²) in [5, 5.41) is 10.8. The van der Waals surface area contributed by atoms with Crippen molar-refractivity contribution in [2.75, 3.05) is 5.32 Å². The van der Waals surface area contributed by atoms with Crippen molar-refractivity contribution in [2.45, 2.75) is 33.4 Å². The smallest absolute Gasteiger partial charge is 0.282 e. The van der Waals surface area contributed by atoms with E-state index in [1.54, 1.807) is 17.7 Å². The zero-order valence-electron chi connectivity index (χ0n) is 14.5. The number of alkyl halides is 2. The summed E-state index contributed by atoms with van der Waals surface area (Å²) in [6.45, 7) is 3.98. The van der Waals surface area contributed by atoms with E-state index in [-0.39, 0.29) is 18.1 Å². The zero-order valence-corrected chi connectivity index (χ0v) is 14.5. The Labute approximate surface area is 149 Å². The van der Waals surface area contributed by atoms with Crippen LogP contribution in [0.25, 0.3) is 0 Å². The topological polar surface area (TPSA) is 64.7 Å². The summed E-state index contributed by atoms with van der Waals surface area (Å²) >= 11 is 0. The molecular weight excluding hydrogens is 340 g/mol. The van der Waals surface area contributed by atoms with Gasteiger partial charge in [0, 0.05) is 17.5 Å². The molecule has 0 aliphatic rings. The summed E-state index contributed by atoms with van der Waals surface area (Å²) in [5.41, 5.74) is 2.17. The van der Waals surface area contributed by atoms with Crippen LogP contribution in [0, 0.1) is 13.8 Å². The lowest BCUT2D eigenvalue weighted by Crippen LogP contribution is -2.20. The van der Waals surface area contributed by atoms with E-state index >= 15 is 0 Å². The summed E-state index contributed by atoms with van der Waals surface area (Å²) in [7, 11) is 0. The summed E-state index contributed by atoms with van der Waals surface area (Å²) in [4.78, 5) is 12.2. The quantitative estimate of drug-likeness (QED) is 0.734. The van der Waals surface area contributed by atoms with Gasteiger partial charge in [-0.2, -0.15) is 10.2 Å². The SMILES string of the molecule is Cc1cc(NC(=O)Cn2nc(C(F)F)cc2C)nn1Cc1ccccc1. The molecule has 0 spiro atoms. The van der Waals surface area contributed by atoms with E-state index in [1.807, 2.05) is 37.3 Å². The third kappa shape index (κ3) is 4.14. The van der Waals surface area contributed by atoms with Crippen LogP contribution in [0.2, 0.25) is 0 Å². The molecular formula is C18H19F2N5O. The molecule has 0 fully saturated rings. The van der Waals surface area contributed by atoms with Crippen molar-refractivity contribution in [1.82, 2.24) is 19.6 Å². The minimum absolute atomic E-state index is 0.150. The molecule has 1 amide bonds. The summed E-state index contributed by atoms with van der Waals surface area (Å²) in [6, 6.07) is 12.9. The van der Waals surface area contributed by atoms with Crippen molar-refractivity contribution in [1.29, 1.82) is 0 Å². The fraction of sp³-hybridized carbons (Fsp3) is 0.278. The predicted octanol–water partition coefficient (Wildman–Crippen LogP) is 3.32. The number of rotatable bonds is 6. The van der Waals surface area contributed by atoms with Crippen molar-refractivity contribution >= 4 is 11.7 Å². The van der Waals surface area contributed by atoms with Gasteiger partial charge in [-0.05, 0) is 25.5 Å². The minimum atomic E-state index is -2.66. The Morgan fingerprint density at radius 3 is 2.42 bits per heavy atom. The maximum Gasteiger partial charge on any atom is 0.282 e. The number of carbonyl (C=O) groups is 1. The van der Waals surface area contributed by atoms with Crippen molar-refractivity contribution < 1.29 is 13.6 Å². The Kier molecular flexibility index (Phi) is 5.11. The van der Waals surface area contributed by atoms with Gasteiger partial charge in [-0.25, -0.2) is 8.78 Å². The van der Waals surface area contributed by atoms with Crippen LogP contribution in [0.4, 0.5) is 14.6 Å². The monoisotopic (exact) mass is 359 g/mol. The number of carbonyl (C=O) groups excluding carboxylic acids is 1. The molecule has 2 aromatic heterocycles. The molecule has 2 heterocycles. The number of hydrogen-bond acceptors (Lipinski definition) is 3. The van der Waals surface area contributed by atoms with Gasteiger partial charge < -0.3 is 5.32 Å². The third-order valence-electron chi connectivity index (χ3n) is 3.94. The Morgan fingerprint density at radius 1 is 1.08 bits per heavy atom. The molecule has 1 aromatic carbocycles. The predicted molar refractivity (Wildman–Crippen MR) is 93.1 cm³/mol. The maximum atomic E-state index is 12.7.